The molecule has 0 fully saturated rings. The first-order valence-corrected chi connectivity index (χ1v) is 11.9. The smallest absolute Gasteiger partial charge is 0.335 e. The molecular weight excluding hydrogens is 492 g/mol. The van der Waals surface area contributed by atoms with Crippen molar-refractivity contribution in [1.29, 1.82) is 0 Å². The fourth-order valence-corrected chi connectivity index (χ4v) is 4.53. The summed E-state index contributed by atoms with van der Waals surface area (Å²) in [5, 5.41) is 15.8. The van der Waals surface area contributed by atoms with Gasteiger partial charge in [-0.3, -0.25) is 4.79 Å². The van der Waals surface area contributed by atoms with Crippen LogP contribution in [0.1, 0.15) is 34.5 Å². The van der Waals surface area contributed by atoms with Gasteiger partial charge in [0.1, 0.15) is 17.7 Å². The van der Waals surface area contributed by atoms with Crippen LogP contribution in [-0.2, 0) is 11.2 Å². The molecule has 37 heavy (non-hydrogen) atoms. The number of amides is 1. The Hall–Kier alpha value is -4.50. The number of nitrogens with zero attached hydrogens (tertiary/aromatic N) is 4. The number of guanidine groups is 1. The molecule has 2 aromatic carbocycles. The van der Waals surface area contributed by atoms with Crippen LogP contribution in [0.3, 0.4) is 0 Å². The number of pyridine rings is 1. The first kappa shape index (κ1) is 24.2. The Bertz CT molecular complexity index is 1490. The minimum absolute atomic E-state index is 0.0145. The van der Waals surface area contributed by atoms with Gasteiger partial charge in [0.25, 0.3) is 5.91 Å². The Morgan fingerprint density at radius 1 is 1.16 bits per heavy atom. The summed E-state index contributed by atoms with van der Waals surface area (Å²) in [5.74, 6) is -0.282. The second kappa shape index (κ2) is 9.87. The van der Waals surface area contributed by atoms with Crippen molar-refractivity contribution in [3.05, 3.63) is 99.8 Å². The lowest BCUT2D eigenvalue weighted by Gasteiger charge is -2.31. The molecule has 3 aromatic rings. The van der Waals surface area contributed by atoms with E-state index in [1.807, 2.05) is 49.4 Å². The van der Waals surface area contributed by atoms with E-state index >= 15 is 0 Å². The van der Waals surface area contributed by atoms with Gasteiger partial charge in [-0.25, -0.2) is 14.8 Å². The summed E-state index contributed by atoms with van der Waals surface area (Å²) in [4.78, 5) is 40.4. The highest BCUT2D eigenvalue weighted by molar-refractivity contribution is 6.31. The molecule has 2 aliphatic rings. The number of nitrogens with one attached hydrogen (secondary N) is 2. The van der Waals surface area contributed by atoms with Crippen molar-refractivity contribution in [2.24, 2.45) is 9.98 Å². The topological polar surface area (TPSA) is 119 Å². The molecule has 0 spiro atoms. The molecule has 0 saturated carbocycles. The Morgan fingerprint density at radius 3 is 2.68 bits per heavy atom. The van der Waals surface area contributed by atoms with Crippen molar-refractivity contribution in [3.63, 3.8) is 0 Å². The van der Waals surface area contributed by atoms with Crippen molar-refractivity contribution in [2.45, 2.75) is 19.4 Å². The summed E-state index contributed by atoms with van der Waals surface area (Å²) < 4.78 is 0. The number of amidine groups is 1. The molecule has 0 saturated heterocycles. The maximum Gasteiger partial charge on any atom is 0.335 e. The van der Waals surface area contributed by atoms with E-state index in [1.54, 1.807) is 18.0 Å². The predicted octanol–water partition coefficient (Wildman–Crippen LogP) is 4.76. The van der Waals surface area contributed by atoms with Crippen LogP contribution in [0.15, 0.2) is 88.1 Å². The quantitative estimate of drug-likeness (QED) is 0.462. The first-order valence-electron chi connectivity index (χ1n) is 11.5. The van der Waals surface area contributed by atoms with Gasteiger partial charge in [-0.15, -0.1) is 0 Å². The summed E-state index contributed by atoms with van der Waals surface area (Å²) in [6.07, 6.45) is 1.97. The number of fused-ring (bicyclic) bond motifs is 1. The molecule has 1 unspecified atom stereocenters. The number of hydrogen-bond acceptors (Lipinski definition) is 6. The predicted molar refractivity (Wildman–Crippen MR) is 143 cm³/mol. The van der Waals surface area contributed by atoms with E-state index < -0.39 is 17.9 Å². The molecule has 1 amide bonds. The summed E-state index contributed by atoms with van der Waals surface area (Å²) in [6.45, 7) is 1.81. The van der Waals surface area contributed by atoms with Crippen molar-refractivity contribution in [1.82, 2.24) is 9.88 Å². The number of carboxylic acids is 1. The number of halogens is 1. The number of para-hydroxylation sites is 1. The average molecular weight is 515 g/mol. The zero-order chi connectivity index (χ0) is 26.1. The van der Waals surface area contributed by atoms with Crippen LogP contribution < -0.4 is 10.6 Å². The van der Waals surface area contributed by atoms with E-state index in [0.29, 0.717) is 34.2 Å². The molecule has 3 heterocycles. The molecule has 2 aliphatic heterocycles. The number of carbonyl (C=O) groups excluding carboxylic acids is 1. The number of aromatic carboxylic acids is 1. The monoisotopic (exact) mass is 514 g/mol. The summed E-state index contributed by atoms with van der Waals surface area (Å²) in [7, 11) is 1.79. The van der Waals surface area contributed by atoms with Crippen molar-refractivity contribution in [3.8, 4) is 0 Å². The third kappa shape index (κ3) is 4.81. The van der Waals surface area contributed by atoms with Gasteiger partial charge in [0, 0.05) is 41.6 Å². The highest BCUT2D eigenvalue weighted by atomic mass is 35.5. The number of allylic oxidation sites excluding steroid dienone is 1. The highest BCUT2D eigenvalue weighted by Gasteiger charge is 2.33. The van der Waals surface area contributed by atoms with E-state index in [4.69, 9.17) is 21.6 Å². The third-order valence-electron chi connectivity index (χ3n) is 6.29. The van der Waals surface area contributed by atoms with Gasteiger partial charge in [-0.05, 0) is 36.8 Å². The highest BCUT2D eigenvalue weighted by Crippen LogP contribution is 2.37. The Kier molecular flexibility index (Phi) is 6.45. The second-order valence-electron chi connectivity index (χ2n) is 8.62. The van der Waals surface area contributed by atoms with Crippen molar-refractivity contribution in [2.75, 3.05) is 17.7 Å². The number of anilines is 2. The number of carbonyl (C=O) groups is 2. The molecule has 1 atom stereocenters. The Balaban J connectivity index is 1.52. The molecule has 0 radical (unpaired) electrons. The number of carboxylic acid groups (broad SMARTS) is 1. The molecule has 9 nitrogen and oxygen atoms in total. The zero-order valence-electron chi connectivity index (χ0n) is 20.1. The lowest BCUT2D eigenvalue weighted by molar-refractivity contribution is -0.113. The van der Waals surface area contributed by atoms with Crippen LogP contribution in [0.2, 0.25) is 5.02 Å². The van der Waals surface area contributed by atoms with E-state index in [-0.39, 0.29) is 11.4 Å². The normalized spacial score (nSPS) is 17.8. The molecule has 10 heteroatoms. The number of aromatic nitrogens is 1. The standard InChI is InChI=1S/C27H23ClN6O3/c1-15-23(25(35)31-21-14-17(26(36)37)11-12-29-21)24(18-8-4-5-9-19(18)28)33-27(34(15)2)32-22-13-16-7-3-6-10-20(16)30-22/h3-12,14,24H,13H2,1-2H3,(H,36,37)(H,29,31,35)(H,30,32,33). The maximum absolute atomic E-state index is 13.6. The average Bonchev–Trinajstić information content (AvgIpc) is 3.29. The number of benzene rings is 2. The van der Waals surface area contributed by atoms with E-state index in [1.165, 1.54) is 18.3 Å². The number of aliphatic imine (C=N–C) groups is 2. The maximum atomic E-state index is 13.6. The van der Waals surface area contributed by atoms with Gasteiger partial charge in [0.05, 0.1) is 11.1 Å². The minimum atomic E-state index is -1.12. The van der Waals surface area contributed by atoms with E-state index in [2.05, 4.69) is 15.6 Å². The first-order chi connectivity index (χ1) is 17.8. The molecule has 5 rings (SSSR count). The van der Waals surface area contributed by atoms with Crippen LogP contribution in [0.25, 0.3) is 0 Å². The van der Waals surface area contributed by atoms with Gasteiger partial charge in [0.15, 0.2) is 0 Å². The van der Waals surface area contributed by atoms with E-state index in [0.717, 1.165) is 17.1 Å². The zero-order valence-corrected chi connectivity index (χ0v) is 20.8. The number of hydrogen-bond donors (Lipinski definition) is 3. The lowest BCUT2D eigenvalue weighted by Crippen LogP contribution is -2.35. The van der Waals surface area contributed by atoms with Crippen molar-refractivity contribution >= 4 is 46.8 Å². The summed E-state index contributed by atoms with van der Waals surface area (Å²) in [5.41, 5.74) is 3.79. The summed E-state index contributed by atoms with van der Waals surface area (Å²) >= 11 is 6.54. The molecule has 186 valence electrons. The van der Waals surface area contributed by atoms with E-state index in [9.17, 15) is 14.7 Å². The molecular formula is C27H23ClN6O3. The third-order valence-corrected chi connectivity index (χ3v) is 6.64. The largest absolute Gasteiger partial charge is 0.478 e. The SMILES string of the molecule is CC1=C(C(=O)Nc2cc(C(=O)O)ccn2)C(c2ccccc2Cl)N=C(/N=C2/Cc3ccccc3N2)N1C. The van der Waals surface area contributed by atoms with Crippen LogP contribution >= 0.6 is 11.6 Å². The van der Waals surface area contributed by atoms with Crippen LogP contribution in [0, 0.1) is 0 Å². The fraction of sp³-hybridized carbons (Fsp3) is 0.148. The summed E-state index contributed by atoms with van der Waals surface area (Å²) in [6, 6.07) is 17.1. The van der Waals surface area contributed by atoms with Gasteiger partial charge < -0.3 is 20.6 Å². The Labute approximate surface area is 218 Å². The van der Waals surface area contributed by atoms with Crippen molar-refractivity contribution < 1.29 is 14.7 Å². The molecule has 0 aliphatic carbocycles. The minimum Gasteiger partial charge on any atom is -0.478 e. The molecule has 0 bridgehead atoms. The van der Waals surface area contributed by atoms with Crippen LogP contribution in [0.4, 0.5) is 11.5 Å². The van der Waals surface area contributed by atoms with Gasteiger partial charge in [0.2, 0.25) is 5.96 Å². The Morgan fingerprint density at radius 2 is 1.92 bits per heavy atom. The second-order valence-corrected chi connectivity index (χ2v) is 9.02. The molecule has 1 aromatic heterocycles. The lowest BCUT2D eigenvalue weighted by atomic mass is 9.95. The van der Waals surface area contributed by atoms with Gasteiger partial charge in [-0.1, -0.05) is 48.0 Å². The van der Waals surface area contributed by atoms with Crippen LogP contribution in [-0.4, -0.2) is 45.7 Å². The van der Waals surface area contributed by atoms with Gasteiger partial charge in [-0.2, -0.15) is 4.99 Å². The van der Waals surface area contributed by atoms with Crippen LogP contribution in [0.5, 0.6) is 0 Å². The van der Waals surface area contributed by atoms with Gasteiger partial charge >= 0.3 is 5.97 Å². The fourth-order valence-electron chi connectivity index (χ4n) is 4.29. The number of rotatable bonds is 4. The molecule has 3 N–H and O–H groups in total.